The van der Waals surface area contributed by atoms with Crippen LogP contribution >= 0.6 is 8.51 Å². The first-order valence-electron chi connectivity index (χ1n) is 4.83. The van der Waals surface area contributed by atoms with Gasteiger partial charge in [0.2, 0.25) is 0 Å². The molecule has 92 valence electrons. The van der Waals surface area contributed by atoms with Crippen molar-refractivity contribution in [3.05, 3.63) is 5.69 Å². The number of aliphatic hydroxyl groups excluding tert-OH is 3. The van der Waals surface area contributed by atoms with Crippen molar-refractivity contribution in [2.75, 3.05) is 12.3 Å². The van der Waals surface area contributed by atoms with Crippen molar-refractivity contribution in [1.82, 2.24) is 9.08 Å². The average molecular weight is 258 g/mol. The number of anilines is 1. The number of nitrogens with two attached hydrogens (primary N) is 1. The summed E-state index contributed by atoms with van der Waals surface area (Å²) in [5, 5.41) is 37.0. The summed E-state index contributed by atoms with van der Waals surface area (Å²) in [5.41, 5.74) is 5.71. The predicted molar refractivity (Wildman–Crippen MR) is 56.9 cm³/mol. The Morgan fingerprint density at radius 2 is 2.24 bits per heavy atom. The second-order valence-electron chi connectivity index (χ2n) is 3.61. The van der Waals surface area contributed by atoms with E-state index in [1.54, 1.807) is 0 Å². The second kappa shape index (κ2) is 4.56. The average Bonchev–Trinajstić information content (AvgIpc) is 2.82. The molecule has 1 aliphatic rings. The molecule has 0 spiro atoms. The van der Waals surface area contributed by atoms with Crippen LogP contribution in [0.4, 0.5) is 5.82 Å². The number of ether oxygens (including phenoxy) is 1. The van der Waals surface area contributed by atoms with E-state index in [2.05, 4.69) is 4.75 Å². The number of nitriles is 1. The molecule has 1 aromatic rings. The quantitative estimate of drug-likeness (QED) is 0.508. The van der Waals surface area contributed by atoms with Gasteiger partial charge >= 0.3 is 0 Å². The largest absolute Gasteiger partial charge is 0.394 e. The zero-order valence-corrected chi connectivity index (χ0v) is 9.53. The molecule has 0 amide bonds. The summed E-state index contributed by atoms with van der Waals surface area (Å²) in [6.07, 6.45) is -4.20. The normalized spacial score (nSPS) is 33.1. The first kappa shape index (κ1) is 12.2. The zero-order chi connectivity index (χ0) is 12.6. The van der Waals surface area contributed by atoms with Gasteiger partial charge in [0.05, 0.1) is 6.61 Å². The Morgan fingerprint density at radius 1 is 1.53 bits per heavy atom. The monoisotopic (exact) mass is 258 g/mol. The maximum atomic E-state index is 9.76. The fourth-order valence-electron chi connectivity index (χ4n) is 1.65. The van der Waals surface area contributed by atoms with E-state index in [0.717, 1.165) is 0 Å². The molecule has 0 aliphatic carbocycles. The second-order valence-corrected chi connectivity index (χ2v) is 4.42. The van der Waals surface area contributed by atoms with E-state index in [4.69, 9.17) is 20.8 Å². The number of nitrogen functional groups attached to an aromatic ring is 1. The minimum absolute atomic E-state index is 0.0596. The van der Waals surface area contributed by atoms with Crippen LogP contribution in [0.1, 0.15) is 11.9 Å². The van der Waals surface area contributed by atoms with Gasteiger partial charge in [-0.2, -0.15) is 10.0 Å². The number of hydrogen-bond acceptors (Lipinski definition) is 7. The number of aromatic nitrogens is 2. The molecule has 0 saturated carbocycles. The fraction of sp³-hybridized carbons (Fsp3) is 0.625. The van der Waals surface area contributed by atoms with Crippen LogP contribution in [-0.2, 0) is 4.74 Å². The molecule has 0 aromatic carbocycles. The van der Waals surface area contributed by atoms with Gasteiger partial charge in [0.15, 0.2) is 11.9 Å². The van der Waals surface area contributed by atoms with E-state index in [9.17, 15) is 10.2 Å². The van der Waals surface area contributed by atoms with Crippen LogP contribution in [0.5, 0.6) is 0 Å². The third-order valence-electron chi connectivity index (χ3n) is 2.59. The van der Waals surface area contributed by atoms with Crippen molar-refractivity contribution >= 4 is 14.3 Å². The van der Waals surface area contributed by atoms with E-state index in [1.165, 1.54) is 4.33 Å². The molecule has 2 rings (SSSR count). The van der Waals surface area contributed by atoms with Crippen LogP contribution in [0, 0.1) is 11.3 Å². The van der Waals surface area contributed by atoms with Crippen LogP contribution in [-0.4, -0.2) is 49.3 Å². The first-order valence-corrected chi connectivity index (χ1v) is 5.63. The minimum atomic E-state index is -1.22. The highest BCUT2D eigenvalue weighted by atomic mass is 31.1. The Hall–Kier alpha value is -1.23. The Balaban J connectivity index is 2.29. The molecule has 0 bridgehead atoms. The standard InChI is InChI=1S/C8H11N4O4P/c9-1-3-7(10)12(17-11-3)8-6(15)5(14)4(2-13)16-8/h4-6,8,13-15H,2,10H2. The maximum Gasteiger partial charge on any atom is 0.187 e. The smallest absolute Gasteiger partial charge is 0.187 e. The van der Waals surface area contributed by atoms with Gasteiger partial charge in [-0.1, -0.05) is 0 Å². The lowest BCUT2D eigenvalue weighted by atomic mass is 10.1. The first-order chi connectivity index (χ1) is 8.10. The van der Waals surface area contributed by atoms with Gasteiger partial charge < -0.3 is 25.8 Å². The van der Waals surface area contributed by atoms with E-state index in [0.29, 0.717) is 8.51 Å². The highest BCUT2D eigenvalue weighted by molar-refractivity contribution is 7.21. The van der Waals surface area contributed by atoms with Gasteiger partial charge in [-0.3, -0.25) is 4.33 Å². The van der Waals surface area contributed by atoms with Crippen LogP contribution in [0.15, 0.2) is 0 Å². The maximum absolute atomic E-state index is 9.76. The molecular formula is C8H11N4O4P. The molecule has 2 heterocycles. The number of nitrogens with zero attached hydrogens (tertiary/aromatic N) is 3. The minimum Gasteiger partial charge on any atom is -0.394 e. The highest BCUT2D eigenvalue weighted by Crippen LogP contribution is 2.34. The third-order valence-corrected chi connectivity index (χ3v) is 3.52. The van der Waals surface area contributed by atoms with E-state index >= 15 is 0 Å². The van der Waals surface area contributed by atoms with Crippen molar-refractivity contribution in [2.24, 2.45) is 0 Å². The molecule has 4 atom stereocenters. The molecule has 5 N–H and O–H groups in total. The lowest BCUT2D eigenvalue weighted by Crippen LogP contribution is -2.33. The third kappa shape index (κ3) is 1.88. The Labute approximate surface area is 98.1 Å². The number of rotatable bonds is 2. The lowest BCUT2D eigenvalue weighted by Gasteiger charge is -2.16. The van der Waals surface area contributed by atoms with Crippen molar-refractivity contribution in [2.45, 2.75) is 24.5 Å². The van der Waals surface area contributed by atoms with Gasteiger partial charge in [-0.05, 0) is 0 Å². The van der Waals surface area contributed by atoms with Gasteiger partial charge in [0.25, 0.3) is 0 Å². The molecule has 1 aromatic heterocycles. The number of hydrogen-bond donors (Lipinski definition) is 4. The van der Waals surface area contributed by atoms with Crippen LogP contribution in [0.3, 0.4) is 0 Å². The van der Waals surface area contributed by atoms with E-state index < -0.39 is 31.1 Å². The molecule has 4 unspecified atom stereocenters. The lowest BCUT2D eigenvalue weighted by molar-refractivity contribution is -0.0468. The van der Waals surface area contributed by atoms with Gasteiger partial charge in [0, 0.05) is 0 Å². The summed E-state index contributed by atoms with van der Waals surface area (Å²) in [7, 11) is 0.342. The van der Waals surface area contributed by atoms with Gasteiger partial charge in [-0.25, -0.2) is 0 Å². The molecule has 0 radical (unpaired) electrons. The van der Waals surface area contributed by atoms with Crippen LogP contribution < -0.4 is 5.73 Å². The number of aliphatic hydroxyl groups is 3. The molecular weight excluding hydrogens is 247 g/mol. The molecule has 17 heavy (non-hydrogen) atoms. The Kier molecular flexibility index (Phi) is 3.28. The zero-order valence-electron chi connectivity index (χ0n) is 8.63. The summed E-state index contributed by atoms with van der Waals surface area (Å²) in [6, 6.07) is 1.81. The summed E-state index contributed by atoms with van der Waals surface area (Å²) in [4.78, 5) is 0. The molecule has 9 heteroatoms. The molecule has 1 saturated heterocycles. The van der Waals surface area contributed by atoms with Gasteiger partial charge in [-0.15, -0.1) is 0 Å². The van der Waals surface area contributed by atoms with Crippen molar-refractivity contribution < 1.29 is 20.1 Å². The Morgan fingerprint density at radius 3 is 2.71 bits per heavy atom. The fourth-order valence-corrected chi connectivity index (χ4v) is 2.47. The van der Waals surface area contributed by atoms with Crippen molar-refractivity contribution in [3.63, 3.8) is 0 Å². The highest BCUT2D eigenvalue weighted by Gasteiger charge is 2.44. The van der Waals surface area contributed by atoms with Crippen LogP contribution in [0.25, 0.3) is 0 Å². The molecule has 8 nitrogen and oxygen atoms in total. The van der Waals surface area contributed by atoms with E-state index in [1.807, 2.05) is 6.07 Å². The Bertz CT molecular complexity index is 459. The van der Waals surface area contributed by atoms with Crippen molar-refractivity contribution in [3.8, 4) is 6.07 Å². The summed E-state index contributed by atoms with van der Waals surface area (Å²) >= 11 is 0. The topological polar surface area (TPSA) is 138 Å². The molecule has 1 aliphatic heterocycles. The van der Waals surface area contributed by atoms with Crippen molar-refractivity contribution in [1.29, 1.82) is 5.26 Å². The SMILES string of the molecule is N#Cc1npn(C2OC(CO)C(O)C2O)c1N. The predicted octanol–water partition coefficient (Wildman–Crippen LogP) is -1.47. The summed E-state index contributed by atoms with van der Waals surface area (Å²) in [6.45, 7) is -0.411. The molecule has 1 fully saturated rings. The van der Waals surface area contributed by atoms with Crippen LogP contribution in [0.2, 0.25) is 0 Å². The summed E-state index contributed by atoms with van der Waals surface area (Å²) in [5.74, 6) is 0.0870. The van der Waals surface area contributed by atoms with Gasteiger partial charge in [0.1, 0.15) is 38.7 Å². The summed E-state index contributed by atoms with van der Waals surface area (Å²) < 4.78 is 10.4. The van der Waals surface area contributed by atoms with E-state index in [-0.39, 0.29) is 11.5 Å².